The van der Waals surface area contributed by atoms with Crippen molar-refractivity contribution in [3.05, 3.63) is 77.1 Å². The van der Waals surface area contributed by atoms with Gasteiger partial charge in [0.1, 0.15) is 18.0 Å². The molecular formula is C25H20FN3. The Labute approximate surface area is 169 Å². The number of hydrogen-bond donors (Lipinski definition) is 0. The van der Waals surface area contributed by atoms with Gasteiger partial charge in [0, 0.05) is 10.8 Å². The minimum atomic E-state index is -0.518. The molecule has 4 heteroatoms. The van der Waals surface area contributed by atoms with Gasteiger partial charge in [0.05, 0.1) is 27.8 Å². The zero-order valence-corrected chi connectivity index (χ0v) is 16.2. The van der Waals surface area contributed by atoms with Crippen molar-refractivity contribution >= 4 is 21.8 Å². The van der Waals surface area contributed by atoms with E-state index in [2.05, 4.69) is 19.1 Å². The molecule has 3 aromatic carbocycles. The van der Waals surface area contributed by atoms with Gasteiger partial charge in [-0.05, 0) is 48.7 Å². The summed E-state index contributed by atoms with van der Waals surface area (Å²) >= 11 is 0. The van der Waals surface area contributed by atoms with Crippen molar-refractivity contribution in [3.63, 3.8) is 0 Å². The van der Waals surface area contributed by atoms with Gasteiger partial charge in [-0.3, -0.25) is 0 Å². The molecule has 0 aliphatic heterocycles. The van der Waals surface area contributed by atoms with Crippen LogP contribution >= 0.6 is 0 Å². The molecule has 0 radical (unpaired) electrons. The number of para-hydroxylation sites is 1. The maximum absolute atomic E-state index is 15.0. The molecule has 1 aromatic heterocycles. The third-order valence-corrected chi connectivity index (χ3v) is 5.37. The van der Waals surface area contributed by atoms with E-state index in [0.717, 1.165) is 40.7 Å². The van der Waals surface area contributed by atoms with Gasteiger partial charge in [0.2, 0.25) is 0 Å². The van der Waals surface area contributed by atoms with Crippen molar-refractivity contribution in [3.8, 4) is 17.8 Å². The van der Waals surface area contributed by atoms with Crippen LogP contribution < -0.4 is 0 Å². The first-order valence-electron chi connectivity index (χ1n) is 9.84. The van der Waals surface area contributed by atoms with Crippen LogP contribution in [0.15, 0.2) is 54.6 Å². The van der Waals surface area contributed by atoms with Gasteiger partial charge in [-0.1, -0.05) is 44.0 Å². The van der Waals surface area contributed by atoms with Crippen molar-refractivity contribution in [2.45, 2.75) is 32.6 Å². The van der Waals surface area contributed by atoms with E-state index in [1.807, 2.05) is 47.0 Å². The highest BCUT2D eigenvalue weighted by Gasteiger charge is 2.17. The molecule has 0 spiro atoms. The summed E-state index contributed by atoms with van der Waals surface area (Å²) in [6.45, 7) is 2.19. The number of halogens is 1. The summed E-state index contributed by atoms with van der Waals surface area (Å²) in [4.78, 5) is 0. The summed E-state index contributed by atoms with van der Waals surface area (Å²) in [5.74, 6) is -0.518. The van der Waals surface area contributed by atoms with Gasteiger partial charge in [-0.2, -0.15) is 10.5 Å². The molecule has 0 unspecified atom stereocenters. The zero-order chi connectivity index (χ0) is 20.4. The molecule has 1 heterocycles. The van der Waals surface area contributed by atoms with E-state index < -0.39 is 5.82 Å². The molecule has 0 atom stereocenters. The smallest absolute Gasteiger partial charge is 0.148 e. The quantitative estimate of drug-likeness (QED) is 0.376. The van der Waals surface area contributed by atoms with Crippen molar-refractivity contribution in [2.75, 3.05) is 0 Å². The second kappa shape index (κ2) is 7.78. The lowest BCUT2D eigenvalue weighted by atomic mass is 10.0. The van der Waals surface area contributed by atoms with Crippen molar-refractivity contribution in [2.24, 2.45) is 0 Å². The second-order valence-electron chi connectivity index (χ2n) is 7.23. The molecule has 3 nitrogen and oxygen atoms in total. The third kappa shape index (κ3) is 3.24. The maximum Gasteiger partial charge on any atom is 0.148 e. The largest absolute Gasteiger partial charge is 0.306 e. The summed E-state index contributed by atoms with van der Waals surface area (Å²) in [6, 6.07) is 20.7. The van der Waals surface area contributed by atoms with Crippen LogP contribution in [0, 0.1) is 28.5 Å². The van der Waals surface area contributed by atoms with E-state index >= 15 is 0 Å². The number of aryl methyl sites for hydroxylation is 1. The SMILES string of the molecule is CCCCCc1ccc2c(c1)c1ccccc1n2-c1cc(C#N)c(C#N)cc1F. The maximum atomic E-state index is 15.0. The van der Waals surface area contributed by atoms with E-state index in [9.17, 15) is 14.9 Å². The Kier molecular flexibility index (Phi) is 5.02. The van der Waals surface area contributed by atoms with Crippen LogP contribution in [0.5, 0.6) is 0 Å². The third-order valence-electron chi connectivity index (χ3n) is 5.37. The molecule has 0 bridgehead atoms. The average Bonchev–Trinajstić information content (AvgIpc) is 3.07. The lowest BCUT2D eigenvalue weighted by Crippen LogP contribution is -2.00. The van der Waals surface area contributed by atoms with E-state index in [0.29, 0.717) is 0 Å². The lowest BCUT2D eigenvalue weighted by molar-refractivity contribution is 0.620. The van der Waals surface area contributed by atoms with E-state index in [1.165, 1.54) is 24.5 Å². The van der Waals surface area contributed by atoms with Gasteiger partial charge in [-0.25, -0.2) is 4.39 Å². The Morgan fingerprint density at radius 1 is 0.862 bits per heavy atom. The summed E-state index contributed by atoms with van der Waals surface area (Å²) in [5, 5.41) is 20.7. The van der Waals surface area contributed by atoms with Crippen molar-refractivity contribution < 1.29 is 4.39 Å². The number of aromatic nitrogens is 1. The average molecular weight is 381 g/mol. The van der Waals surface area contributed by atoms with Crippen molar-refractivity contribution in [1.82, 2.24) is 4.57 Å². The Bertz CT molecular complexity index is 1300. The second-order valence-corrected chi connectivity index (χ2v) is 7.23. The predicted molar refractivity (Wildman–Crippen MR) is 113 cm³/mol. The molecular weight excluding hydrogens is 361 g/mol. The fourth-order valence-corrected chi connectivity index (χ4v) is 3.93. The number of fused-ring (bicyclic) bond motifs is 3. The molecule has 4 rings (SSSR count). The van der Waals surface area contributed by atoms with Crippen LogP contribution in [-0.2, 0) is 6.42 Å². The molecule has 0 fully saturated rings. The molecule has 4 aromatic rings. The standard InChI is InChI=1S/C25H20FN3/c1-2-3-4-7-17-10-11-24-21(12-17)20-8-5-6-9-23(20)29(24)25-14-19(16-28)18(15-27)13-22(25)26/h5-6,8-14H,2-4,7H2,1H3. The Hall–Kier alpha value is -3.63. The van der Waals surface area contributed by atoms with Crippen LogP contribution in [-0.4, -0.2) is 4.57 Å². The molecule has 0 saturated heterocycles. The highest BCUT2D eigenvalue weighted by molar-refractivity contribution is 6.09. The topological polar surface area (TPSA) is 52.5 Å². The number of nitrogens with zero attached hydrogens (tertiary/aromatic N) is 3. The Morgan fingerprint density at radius 2 is 1.59 bits per heavy atom. The van der Waals surface area contributed by atoms with Crippen LogP contribution in [0.3, 0.4) is 0 Å². The van der Waals surface area contributed by atoms with Gasteiger partial charge < -0.3 is 4.57 Å². The van der Waals surface area contributed by atoms with Crippen LogP contribution in [0.25, 0.3) is 27.5 Å². The molecule has 29 heavy (non-hydrogen) atoms. The summed E-state index contributed by atoms with van der Waals surface area (Å²) in [7, 11) is 0. The molecule has 0 aliphatic rings. The molecule has 0 aliphatic carbocycles. The zero-order valence-electron chi connectivity index (χ0n) is 16.2. The number of hydrogen-bond acceptors (Lipinski definition) is 2. The van der Waals surface area contributed by atoms with Gasteiger partial charge in [-0.15, -0.1) is 0 Å². The predicted octanol–water partition coefficient (Wildman–Crippen LogP) is 6.40. The number of unbranched alkanes of at least 4 members (excludes halogenated alkanes) is 2. The molecule has 0 saturated carbocycles. The van der Waals surface area contributed by atoms with Crippen LogP contribution in [0.2, 0.25) is 0 Å². The van der Waals surface area contributed by atoms with Crippen LogP contribution in [0.4, 0.5) is 4.39 Å². The molecule has 0 amide bonds. The summed E-state index contributed by atoms with van der Waals surface area (Å²) in [6.07, 6.45) is 4.55. The summed E-state index contributed by atoms with van der Waals surface area (Å²) < 4.78 is 16.8. The highest BCUT2D eigenvalue weighted by Crippen LogP contribution is 2.34. The normalized spacial score (nSPS) is 10.9. The number of nitriles is 2. The van der Waals surface area contributed by atoms with E-state index in [-0.39, 0.29) is 16.8 Å². The first-order chi connectivity index (χ1) is 14.2. The Balaban J connectivity index is 1.98. The molecule has 0 N–H and O–H groups in total. The highest BCUT2D eigenvalue weighted by atomic mass is 19.1. The lowest BCUT2D eigenvalue weighted by Gasteiger charge is -2.10. The minimum Gasteiger partial charge on any atom is -0.306 e. The monoisotopic (exact) mass is 381 g/mol. The minimum absolute atomic E-state index is 0.0488. The number of rotatable bonds is 5. The van der Waals surface area contributed by atoms with Crippen molar-refractivity contribution in [1.29, 1.82) is 10.5 Å². The van der Waals surface area contributed by atoms with Crippen LogP contribution in [0.1, 0.15) is 42.9 Å². The van der Waals surface area contributed by atoms with E-state index in [4.69, 9.17) is 0 Å². The van der Waals surface area contributed by atoms with Gasteiger partial charge >= 0.3 is 0 Å². The number of benzene rings is 3. The van der Waals surface area contributed by atoms with Gasteiger partial charge in [0.15, 0.2) is 0 Å². The molecule has 142 valence electrons. The first kappa shape index (κ1) is 18.7. The fraction of sp³-hybridized carbons (Fsp3) is 0.200. The fourth-order valence-electron chi connectivity index (χ4n) is 3.93. The Morgan fingerprint density at radius 3 is 2.34 bits per heavy atom. The van der Waals surface area contributed by atoms with E-state index in [1.54, 1.807) is 0 Å². The summed E-state index contributed by atoms with van der Waals surface area (Å²) in [5.41, 5.74) is 3.54. The van der Waals surface area contributed by atoms with Gasteiger partial charge in [0.25, 0.3) is 0 Å². The first-order valence-corrected chi connectivity index (χ1v) is 9.84.